The van der Waals surface area contributed by atoms with Crippen molar-refractivity contribution in [3.05, 3.63) is 218 Å². The number of hydrogen-bond acceptors (Lipinski definition) is 4. The Morgan fingerprint density at radius 1 is 0.311 bits per heavy atom. The van der Waals surface area contributed by atoms with Gasteiger partial charge in [-0.25, -0.2) is 0 Å². The van der Waals surface area contributed by atoms with E-state index < -0.39 is 0 Å². The second-order valence-electron chi connectivity index (χ2n) is 20.6. The standard InChI is InChI=1S/C66H36B2N4S2/c1-3-17-37(18-4-1)69-53-36-54-50(35-49(53)67-61-55(69)33-47-41-23-9-13-31-57(41)73-65(47)59(61)45-27-15-25-43-39-21-7-11-29-51(39)71(67)63(43)45)68-62-56(70(54)38-19-5-2-6-20-38)34-48-42-24-10-14-32-58(42)74-66(48)60(62)46-28-16-26-44-40-22-8-12-30-52(40)72(68)64(44)46/h1-36H. The van der Waals surface area contributed by atoms with Crippen molar-refractivity contribution in [3.8, 4) is 22.3 Å². The molecule has 15 aromatic rings. The van der Waals surface area contributed by atoms with E-state index in [1.807, 2.05) is 22.7 Å². The van der Waals surface area contributed by atoms with E-state index in [4.69, 9.17) is 0 Å². The lowest BCUT2D eigenvalue weighted by molar-refractivity contribution is 1.23. The highest BCUT2D eigenvalue weighted by molar-refractivity contribution is 7.27. The molecule has 4 nitrogen and oxygen atoms in total. The molecule has 0 bridgehead atoms. The Bertz CT molecular complexity index is 4750. The molecule has 74 heavy (non-hydrogen) atoms. The van der Waals surface area contributed by atoms with Crippen molar-refractivity contribution in [2.75, 3.05) is 9.80 Å². The first kappa shape index (κ1) is 38.8. The Morgan fingerprint density at radius 2 is 0.716 bits per heavy atom. The van der Waals surface area contributed by atoms with Crippen molar-refractivity contribution < 1.29 is 0 Å². The molecule has 0 N–H and O–H groups in total. The van der Waals surface area contributed by atoms with Crippen LogP contribution >= 0.6 is 22.7 Å². The highest BCUT2D eigenvalue weighted by Gasteiger charge is 2.49. The van der Waals surface area contributed by atoms with Crippen molar-refractivity contribution in [1.29, 1.82) is 0 Å². The Hall–Kier alpha value is -8.81. The van der Waals surface area contributed by atoms with Crippen molar-refractivity contribution in [1.82, 2.24) is 8.96 Å². The SMILES string of the molecule is c1ccc(N2c3cc4c(cc3B3c5c2cc2c(sc6ccccc62)c5-c2cccc5c6ccccc6n3c25)B2c3c(cc5c(sc6ccccc65)c3-c3cccc5c6ccccc6n2c35)N4c2ccccc2)cc1. The summed E-state index contributed by atoms with van der Waals surface area (Å²) in [5, 5.41) is 10.4. The quantitative estimate of drug-likeness (QED) is 0.161. The summed E-state index contributed by atoms with van der Waals surface area (Å²) in [4.78, 5) is 5.24. The Balaban J connectivity index is 1.03. The van der Waals surface area contributed by atoms with Crippen molar-refractivity contribution in [2.24, 2.45) is 0 Å². The van der Waals surface area contributed by atoms with E-state index in [9.17, 15) is 0 Å². The average molecular weight is 971 g/mol. The first-order valence-electron chi connectivity index (χ1n) is 25.7. The molecular weight excluding hydrogens is 935 g/mol. The molecule has 0 unspecified atom stereocenters. The molecule has 8 heterocycles. The highest BCUT2D eigenvalue weighted by atomic mass is 32.1. The van der Waals surface area contributed by atoms with Gasteiger partial charge in [0.05, 0.1) is 0 Å². The van der Waals surface area contributed by atoms with Gasteiger partial charge in [-0.15, -0.1) is 22.7 Å². The number of thiophene rings is 2. The molecule has 0 atom stereocenters. The maximum absolute atomic E-state index is 2.73. The van der Waals surface area contributed by atoms with Gasteiger partial charge in [-0.2, -0.15) is 0 Å². The summed E-state index contributed by atoms with van der Waals surface area (Å²) < 4.78 is 10.8. The molecule has 8 heteroatoms. The zero-order chi connectivity index (χ0) is 47.7. The molecule has 4 aliphatic heterocycles. The molecule has 0 saturated carbocycles. The Kier molecular flexibility index (Phi) is 7.14. The lowest BCUT2D eigenvalue weighted by Crippen LogP contribution is -2.61. The molecule has 0 fully saturated rings. The molecular formula is C66H36B2N4S2. The summed E-state index contributed by atoms with van der Waals surface area (Å²) in [6, 6.07) is 83.1. The van der Waals surface area contributed by atoms with Crippen LogP contribution in [0.4, 0.5) is 34.1 Å². The predicted molar refractivity (Wildman–Crippen MR) is 319 cm³/mol. The van der Waals surface area contributed by atoms with Gasteiger partial charge in [0.25, 0.3) is 0 Å². The van der Waals surface area contributed by atoms with Gasteiger partial charge in [0.1, 0.15) is 0 Å². The minimum absolute atomic E-state index is 0.124. The lowest BCUT2D eigenvalue weighted by Gasteiger charge is -2.44. The number of benzene rings is 11. The van der Waals surface area contributed by atoms with Crippen LogP contribution in [0.25, 0.3) is 106 Å². The molecule has 0 radical (unpaired) electrons. The predicted octanol–water partition coefficient (Wildman–Crippen LogP) is 15.5. The molecule has 0 saturated heterocycles. The normalized spacial score (nSPS) is 13.8. The van der Waals surface area contributed by atoms with E-state index >= 15 is 0 Å². The maximum Gasteiger partial charge on any atom is 0.333 e. The van der Waals surface area contributed by atoms with Crippen LogP contribution in [0.5, 0.6) is 0 Å². The van der Waals surface area contributed by atoms with Crippen LogP contribution in [0.3, 0.4) is 0 Å². The van der Waals surface area contributed by atoms with Gasteiger partial charge in [0.2, 0.25) is 0 Å². The maximum atomic E-state index is 2.73. The lowest BCUT2D eigenvalue weighted by atomic mass is 9.41. The number of hydrogen-bond donors (Lipinski definition) is 0. The topological polar surface area (TPSA) is 16.3 Å². The van der Waals surface area contributed by atoms with Gasteiger partial charge in [-0.3, -0.25) is 0 Å². The van der Waals surface area contributed by atoms with Crippen LogP contribution in [0.15, 0.2) is 218 Å². The molecule has 4 aromatic heterocycles. The molecule has 338 valence electrons. The van der Waals surface area contributed by atoms with Crippen LogP contribution in [0, 0.1) is 0 Å². The van der Waals surface area contributed by atoms with Crippen LogP contribution in [0.1, 0.15) is 0 Å². The van der Waals surface area contributed by atoms with Crippen LogP contribution < -0.4 is 31.7 Å². The van der Waals surface area contributed by atoms with E-state index in [0.29, 0.717) is 0 Å². The Morgan fingerprint density at radius 3 is 1.19 bits per heavy atom. The first-order valence-corrected chi connectivity index (χ1v) is 27.3. The third kappa shape index (κ3) is 4.57. The molecule has 19 rings (SSSR count). The molecule has 11 aromatic carbocycles. The smallest absolute Gasteiger partial charge is 0.333 e. The summed E-state index contributed by atoms with van der Waals surface area (Å²) in [5.41, 5.74) is 23.0. The van der Waals surface area contributed by atoms with Crippen LogP contribution in [0.2, 0.25) is 0 Å². The third-order valence-electron chi connectivity index (χ3n) is 17.2. The number of nitrogens with zero attached hydrogens (tertiary/aromatic N) is 4. The summed E-state index contributed by atoms with van der Waals surface area (Å²) in [6.07, 6.45) is 0. The van der Waals surface area contributed by atoms with E-state index in [0.717, 1.165) is 11.4 Å². The monoisotopic (exact) mass is 970 g/mol. The van der Waals surface area contributed by atoms with Gasteiger partial charge in [0, 0.05) is 140 Å². The van der Waals surface area contributed by atoms with E-state index in [-0.39, 0.29) is 13.7 Å². The van der Waals surface area contributed by atoms with Gasteiger partial charge < -0.3 is 18.8 Å². The van der Waals surface area contributed by atoms with E-state index in [1.54, 1.807) is 0 Å². The molecule has 4 aliphatic rings. The third-order valence-corrected chi connectivity index (χ3v) is 19.6. The van der Waals surface area contributed by atoms with Gasteiger partial charge in [-0.05, 0) is 88.6 Å². The fourth-order valence-electron chi connectivity index (χ4n) is 14.5. The Labute approximate surface area is 433 Å². The highest BCUT2D eigenvalue weighted by Crippen LogP contribution is 2.54. The zero-order valence-corrected chi connectivity index (χ0v) is 41.2. The average Bonchev–Trinajstić information content (AvgIpc) is 4.25. The van der Waals surface area contributed by atoms with Crippen molar-refractivity contribution in [2.45, 2.75) is 0 Å². The van der Waals surface area contributed by atoms with Gasteiger partial charge >= 0.3 is 13.7 Å². The number of para-hydroxylation sites is 6. The minimum Gasteiger partial charge on any atom is -0.375 e. The van der Waals surface area contributed by atoms with Crippen LogP contribution in [-0.4, -0.2) is 22.7 Å². The number of anilines is 6. The molecule has 0 aliphatic carbocycles. The van der Waals surface area contributed by atoms with Gasteiger partial charge in [-0.1, -0.05) is 152 Å². The first-order chi connectivity index (χ1) is 36.8. The van der Waals surface area contributed by atoms with Crippen molar-refractivity contribution in [3.63, 3.8) is 0 Å². The van der Waals surface area contributed by atoms with E-state index in [1.165, 1.54) is 151 Å². The van der Waals surface area contributed by atoms with Crippen LogP contribution in [-0.2, 0) is 0 Å². The number of aromatic nitrogens is 2. The molecule has 0 spiro atoms. The largest absolute Gasteiger partial charge is 0.375 e. The summed E-state index contributed by atoms with van der Waals surface area (Å²) in [5.74, 6) is 0. The second-order valence-corrected chi connectivity index (χ2v) is 22.7. The second kappa shape index (κ2) is 13.6. The zero-order valence-electron chi connectivity index (χ0n) is 39.5. The molecule has 0 amide bonds. The summed E-state index contributed by atoms with van der Waals surface area (Å²) >= 11 is 3.90. The fourth-order valence-corrected chi connectivity index (χ4v) is 17.0. The number of rotatable bonds is 2. The fraction of sp³-hybridized carbons (Fsp3) is 0. The van der Waals surface area contributed by atoms with E-state index in [2.05, 4.69) is 237 Å². The summed E-state index contributed by atoms with van der Waals surface area (Å²) in [7, 11) is 0. The van der Waals surface area contributed by atoms with Crippen molar-refractivity contribution >= 4 is 176 Å². The summed E-state index contributed by atoms with van der Waals surface area (Å²) in [6.45, 7) is -0.249. The number of fused-ring (bicyclic) bond motifs is 22. The van der Waals surface area contributed by atoms with Gasteiger partial charge in [0.15, 0.2) is 0 Å². The minimum atomic E-state index is -0.124.